The third-order valence-corrected chi connectivity index (χ3v) is 23.2. The first-order chi connectivity index (χ1) is 42.1. The van der Waals surface area contributed by atoms with Gasteiger partial charge in [-0.05, 0) is 156 Å². The van der Waals surface area contributed by atoms with Crippen molar-refractivity contribution < 1.29 is 73.0 Å². The molecule has 23 heteroatoms. The minimum absolute atomic E-state index is 0.0479. The van der Waals surface area contributed by atoms with Crippen LogP contribution in [0.25, 0.3) is 10.2 Å². The number of Topliss-reactive ketones (excluding diaryl/α,β-unsaturated/α-hetero) is 2. The van der Waals surface area contributed by atoms with Crippen LogP contribution < -0.4 is 15.4 Å². The molecule has 490 valence electrons. The number of unbranched alkanes of at least 4 members (excludes halogenated alkanes) is 1. The number of aliphatic hydroxyl groups is 2. The number of aliphatic carboxylic acids is 2. The lowest BCUT2D eigenvalue weighted by molar-refractivity contribution is -0.174. The summed E-state index contributed by atoms with van der Waals surface area (Å²) in [6, 6.07) is 3.08. The van der Waals surface area contributed by atoms with Crippen LogP contribution in [0.5, 0.6) is 5.75 Å². The van der Waals surface area contributed by atoms with Crippen LogP contribution in [0.4, 0.5) is 4.79 Å². The maximum absolute atomic E-state index is 13.9. The third-order valence-electron chi connectivity index (χ3n) is 21.0. The van der Waals surface area contributed by atoms with Crippen molar-refractivity contribution in [3.8, 4) is 5.75 Å². The van der Waals surface area contributed by atoms with Gasteiger partial charge in [0.15, 0.2) is 17.6 Å². The number of aliphatic imine (C=N–C) groups is 1. The molecule has 4 saturated carbocycles. The van der Waals surface area contributed by atoms with Gasteiger partial charge in [0.2, 0.25) is 17.7 Å². The quantitative estimate of drug-likeness (QED) is 0.0329. The molecule has 4 fully saturated rings. The summed E-state index contributed by atoms with van der Waals surface area (Å²) in [5.74, 6) is -0.621. The summed E-state index contributed by atoms with van der Waals surface area (Å²) in [7, 11) is 1.60. The Hall–Kier alpha value is -5.59. The SMILES string of the molecule is CC1=C(C)C(=O)C(C(C)(C)CC(=O)N(C)CCN(CCOCCOCCC(=O)NCCCCC(NC(=O)CC[C@@H](C)[C@H]2CC[C@H]3[C@@H]4[C@@H](O)C[C@@H]5C[C@H](O)CC[C@]5(C)[C@H]4CC[C@]23C)C(=O)O)C(=O)Oc2ccc3nc(C4=NC(C(=O)O)CS4)sc3c2)=C(C)C1=O. The van der Waals surface area contributed by atoms with E-state index in [0.717, 1.165) is 51.4 Å². The van der Waals surface area contributed by atoms with E-state index in [-0.39, 0.29) is 142 Å². The molecule has 4 amide bonds. The molecule has 0 spiro atoms. The number of carboxylic acid groups (broad SMARTS) is 2. The summed E-state index contributed by atoms with van der Waals surface area (Å²) >= 11 is 2.61. The molecule has 0 bridgehead atoms. The van der Waals surface area contributed by atoms with Gasteiger partial charge in [-0.1, -0.05) is 34.6 Å². The van der Waals surface area contributed by atoms with Gasteiger partial charge in [0.05, 0.1) is 48.9 Å². The predicted octanol–water partition coefficient (Wildman–Crippen LogP) is 8.41. The van der Waals surface area contributed by atoms with Crippen LogP contribution in [0.1, 0.15) is 157 Å². The molecule has 2 heterocycles. The number of amides is 4. The number of likely N-dealkylation sites (N-methyl/N-ethyl adjacent to an activating group) is 1. The van der Waals surface area contributed by atoms with Gasteiger partial charge >= 0.3 is 18.0 Å². The number of ketones is 2. The van der Waals surface area contributed by atoms with Gasteiger partial charge in [-0.3, -0.25) is 29.0 Å². The second-order valence-corrected chi connectivity index (χ2v) is 29.2. The molecule has 0 saturated heterocycles. The molecule has 89 heavy (non-hydrogen) atoms. The van der Waals surface area contributed by atoms with E-state index in [1.807, 2.05) is 0 Å². The monoisotopic (exact) mass is 1270 g/mol. The number of carboxylic acids is 2. The number of thioether (sulfide) groups is 1. The number of rotatable bonds is 29. The summed E-state index contributed by atoms with van der Waals surface area (Å²) in [5, 5.41) is 48.2. The van der Waals surface area contributed by atoms with Crippen molar-refractivity contribution in [2.45, 2.75) is 176 Å². The highest BCUT2D eigenvalue weighted by Crippen LogP contribution is 2.68. The molecular formula is C66H94N6O15S2. The summed E-state index contributed by atoms with van der Waals surface area (Å²) in [5.41, 5.74) is 1.29. The van der Waals surface area contributed by atoms with Crippen LogP contribution in [0, 0.1) is 51.8 Å². The van der Waals surface area contributed by atoms with E-state index in [0.29, 0.717) is 97.8 Å². The zero-order valence-corrected chi connectivity index (χ0v) is 55.0. The van der Waals surface area contributed by atoms with E-state index in [2.05, 4.69) is 41.4 Å². The second kappa shape index (κ2) is 29.8. The number of aliphatic hydroxyl groups excluding tert-OH is 2. The highest BCUT2D eigenvalue weighted by Gasteiger charge is 2.63. The van der Waals surface area contributed by atoms with Gasteiger partial charge in [-0.25, -0.2) is 19.4 Å². The number of nitrogens with zero attached hydrogens (tertiary/aromatic N) is 4. The maximum Gasteiger partial charge on any atom is 0.415 e. The lowest BCUT2D eigenvalue weighted by Crippen LogP contribution is -2.58. The Bertz CT molecular complexity index is 3090. The number of thiazole rings is 1. The third kappa shape index (κ3) is 16.2. The fraction of sp³-hybridized carbons (Fsp3) is 0.697. The van der Waals surface area contributed by atoms with Gasteiger partial charge in [0.1, 0.15) is 21.8 Å². The van der Waals surface area contributed by atoms with E-state index in [1.165, 1.54) is 32.9 Å². The van der Waals surface area contributed by atoms with Crippen LogP contribution in [-0.4, -0.2) is 177 Å². The first-order valence-electron chi connectivity index (χ1n) is 32.0. The van der Waals surface area contributed by atoms with Crippen molar-refractivity contribution in [3.63, 3.8) is 0 Å². The molecule has 12 atom stereocenters. The lowest BCUT2D eigenvalue weighted by Gasteiger charge is -2.62. The Balaban J connectivity index is 0.729. The van der Waals surface area contributed by atoms with Crippen molar-refractivity contribution in [1.82, 2.24) is 25.4 Å². The van der Waals surface area contributed by atoms with Crippen LogP contribution in [0.2, 0.25) is 0 Å². The molecule has 0 radical (unpaired) electrons. The summed E-state index contributed by atoms with van der Waals surface area (Å²) in [6.45, 7) is 16.5. The van der Waals surface area contributed by atoms with Gasteiger partial charge in [-0.2, -0.15) is 0 Å². The number of ether oxygens (including phenoxy) is 3. The molecule has 1 aromatic heterocycles. The van der Waals surface area contributed by atoms with Crippen molar-refractivity contribution >= 4 is 85.7 Å². The first kappa shape index (κ1) is 69.3. The number of carbonyl (C=O) groups excluding carboxylic acids is 6. The summed E-state index contributed by atoms with van der Waals surface area (Å²) in [6.07, 6.45) is 8.60. The molecule has 1 aromatic carbocycles. The average Bonchev–Trinajstić information content (AvgIpc) is 1.71. The summed E-state index contributed by atoms with van der Waals surface area (Å²) < 4.78 is 18.0. The van der Waals surface area contributed by atoms with Gasteiger partial charge in [0, 0.05) is 92.0 Å². The lowest BCUT2D eigenvalue weighted by atomic mass is 9.43. The number of hydrogen-bond acceptors (Lipinski definition) is 17. The highest BCUT2D eigenvalue weighted by atomic mass is 32.2. The van der Waals surface area contributed by atoms with Crippen LogP contribution >= 0.6 is 23.1 Å². The van der Waals surface area contributed by atoms with Crippen LogP contribution in [-0.2, 0) is 43.0 Å². The molecule has 1 aliphatic heterocycles. The van der Waals surface area contributed by atoms with Gasteiger partial charge in [0.25, 0.3) is 0 Å². The maximum atomic E-state index is 13.9. The van der Waals surface area contributed by atoms with Crippen LogP contribution in [0.3, 0.4) is 0 Å². The Labute approximate surface area is 531 Å². The molecule has 2 aromatic rings. The van der Waals surface area contributed by atoms with Crippen molar-refractivity contribution in [2.75, 3.05) is 65.4 Å². The van der Waals surface area contributed by atoms with Crippen molar-refractivity contribution in [3.05, 3.63) is 45.5 Å². The predicted molar refractivity (Wildman–Crippen MR) is 338 cm³/mol. The molecule has 8 rings (SSSR count). The van der Waals surface area contributed by atoms with E-state index in [1.54, 1.807) is 59.9 Å². The summed E-state index contributed by atoms with van der Waals surface area (Å²) in [4.78, 5) is 115. The molecule has 6 aliphatic rings. The number of carbonyl (C=O) groups is 8. The second-order valence-electron chi connectivity index (χ2n) is 27.1. The van der Waals surface area contributed by atoms with Gasteiger partial charge in [-0.15, -0.1) is 23.1 Å². The Morgan fingerprint density at radius 2 is 1.53 bits per heavy atom. The smallest absolute Gasteiger partial charge is 0.415 e. The number of hydrogen-bond donors (Lipinski definition) is 6. The highest BCUT2D eigenvalue weighted by molar-refractivity contribution is 8.15. The Morgan fingerprint density at radius 3 is 2.25 bits per heavy atom. The molecule has 6 N–H and O–H groups in total. The normalized spacial score (nSPS) is 27.5. The minimum atomic E-state index is -1.10. The standard InChI is InChI=1S/C66H94N6O15S2/c1-37(44-15-16-45-55-46(20-23-66(44,45)8)65(7)22-19-42(73)32-41(65)33-50(55)74)13-18-53(76)68-48(61(80)81)12-10-11-24-67-52(75)21-28-85-30-31-86-29-27-72(26-25-71(9)54(77)35-64(5,6)56-40(4)57(78)38(2)39(3)58(56)79)63(84)87-43-14-17-47-51(34-43)89-60(69-47)59-70-49(36-88-59)62(82)83/h14,17,34,37,41-42,44-46,48-50,55,73-74H,10-13,15-16,18-33,35-36H2,1-9H3,(H,67,75)(H,68,76)(H,80,81)(H,82,83)/t37-,41+,42-,44-,45+,46+,48?,49?,50+,55+,65+,66-/m1/s1. The topological polar surface area (TPSA) is 301 Å². The number of nitrogens with one attached hydrogen (secondary N) is 2. The number of aromatic nitrogens is 1. The molecule has 21 nitrogen and oxygen atoms in total. The van der Waals surface area contributed by atoms with E-state index >= 15 is 0 Å². The molecular weight excluding hydrogens is 1180 g/mol. The van der Waals surface area contributed by atoms with Crippen LogP contribution in [0.15, 0.2) is 45.5 Å². The molecule has 2 unspecified atom stereocenters. The fourth-order valence-corrected chi connectivity index (χ4v) is 17.8. The van der Waals surface area contributed by atoms with E-state index in [9.17, 15) is 58.8 Å². The fourth-order valence-electron chi connectivity index (χ4n) is 15.8. The van der Waals surface area contributed by atoms with E-state index in [4.69, 9.17) is 14.2 Å². The first-order valence-corrected chi connectivity index (χ1v) is 33.8. The average molecular weight is 1280 g/mol. The molecule has 5 aliphatic carbocycles. The zero-order chi connectivity index (χ0) is 64.7. The number of allylic oxidation sites excluding steroid dienone is 4. The largest absolute Gasteiger partial charge is 0.480 e. The zero-order valence-electron chi connectivity index (χ0n) is 53.4. The Kier molecular flexibility index (Phi) is 23.2. The van der Waals surface area contributed by atoms with Crippen molar-refractivity contribution in [2.24, 2.45) is 56.7 Å². The van der Waals surface area contributed by atoms with Crippen molar-refractivity contribution in [1.29, 1.82) is 0 Å². The minimum Gasteiger partial charge on any atom is -0.480 e. The van der Waals surface area contributed by atoms with Gasteiger partial charge < -0.3 is 55.1 Å². The Morgan fingerprint density at radius 1 is 0.820 bits per heavy atom. The number of fused-ring (bicyclic) bond motifs is 6. The number of benzene rings is 1. The van der Waals surface area contributed by atoms with E-state index < -0.39 is 35.5 Å².